The van der Waals surface area contributed by atoms with Crippen molar-refractivity contribution >= 4 is 27.5 Å². The summed E-state index contributed by atoms with van der Waals surface area (Å²) in [5.41, 5.74) is 10.4. The summed E-state index contributed by atoms with van der Waals surface area (Å²) in [6, 6.07) is 20.2. The van der Waals surface area contributed by atoms with E-state index in [2.05, 4.69) is 58.9 Å². The van der Waals surface area contributed by atoms with E-state index in [1.165, 1.54) is 34.5 Å². The highest BCUT2D eigenvalue weighted by molar-refractivity contribution is 6.08. The molecule has 4 rings (SSSR count). The fourth-order valence-electron chi connectivity index (χ4n) is 4.43. The smallest absolute Gasteiger partial charge is 0.311 e. The first-order valence-electron chi connectivity index (χ1n) is 10.8. The number of fused-ring (bicyclic) bond motifs is 3. The quantitative estimate of drug-likeness (QED) is 0.306. The molecular weight excluding hydrogens is 404 g/mol. The van der Waals surface area contributed by atoms with Crippen LogP contribution in [0.4, 0.5) is 5.69 Å². The molecule has 0 amide bonds. The average Bonchev–Trinajstić information content (AvgIpc) is 3.12. The van der Waals surface area contributed by atoms with Gasteiger partial charge in [0.1, 0.15) is 0 Å². The van der Waals surface area contributed by atoms with Crippen molar-refractivity contribution in [1.29, 1.82) is 0 Å². The number of hydrogen-bond acceptors (Lipinski definition) is 5. The van der Waals surface area contributed by atoms with Crippen molar-refractivity contribution in [1.82, 2.24) is 9.47 Å². The van der Waals surface area contributed by atoms with Gasteiger partial charge in [0.15, 0.2) is 5.75 Å². The van der Waals surface area contributed by atoms with Gasteiger partial charge in [-0.25, -0.2) is 0 Å². The topological polar surface area (TPSA) is 86.6 Å². The van der Waals surface area contributed by atoms with Crippen molar-refractivity contribution in [2.45, 2.75) is 26.6 Å². The minimum absolute atomic E-state index is 0.0218. The summed E-state index contributed by atoms with van der Waals surface area (Å²) in [6.45, 7) is 5.55. The van der Waals surface area contributed by atoms with Crippen LogP contribution >= 0.6 is 0 Å². The van der Waals surface area contributed by atoms with Crippen molar-refractivity contribution < 1.29 is 9.66 Å². The lowest BCUT2D eigenvalue weighted by atomic mass is 10.1. The van der Waals surface area contributed by atoms with Crippen molar-refractivity contribution in [3.8, 4) is 5.75 Å². The van der Waals surface area contributed by atoms with Crippen molar-refractivity contribution in [2.75, 3.05) is 20.2 Å². The average molecular weight is 433 g/mol. The summed E-state index contributed by atoms with van der Waals surface area (Å²) in [5.74, 6) is 0.266. The SMILES string of the molecule is CCn1c2ccccc2c2cc(CN(CCN)Cc3ccc(OC)c([N+](=O)[O-])c3)ccc21. The number of nitrogens with zero attached hydrogens (tertiary/aromatic N) is 3. The van der Waals surface area contributed by atoms with E-state index in [0.717, 1.165) is 12.1 Å². The van der Waals surface area contributed by atoms with Crippen LogP contribution in [0, 0.1) is 10.1 Å². The molecule has 3 aromatic carbocycles. The Balaban J connectivity index is 1.64. The lowest BCUT2D eigenvalue weighted by Gasteiger charge is -2.22. The summed E-state index contributed by atoms with van der Waals surface area (Å²) in [6.07, 6.45) is 0. The Bertz CT molecular complexity index is 1270. The van der Waals surface area contributed by atoms with E-state index in [1.807, 2.05) is 6.07 Å². The number of methoxy groups -OCH3 is 1. The van der Waals surface area contributed by atoms with Crippen LogP contribution in [-0.2, 0) is 19.6 Å². The van der Waals surface area contributed by atoms with Crippen LogP contribution in [0.3, 0.4) is 0 Å². The van der Waals surface area contributed by atoms with Gasteiger partial charge in [0.2, 0.25) is 0 Å². The van der Waals surface area contributed by atoms with E-state index in [9.17, 15) is 10.1 Å². The number of aryl methyl sites for hydroxylation is 1. The molecule has 1 aromatic heterocycles. The normalized spacial score (nSPS) is 11.5. The van der Waals surface area contributed by atoms with Crippen LogP contribution < -0.4 is 10.5 Å². The second-order valence-electron chi connectivity index (χ2n) is 7.88. The van der Waals surface area contributed by atoms with E-state index in [1.54, 1.807) is 12.1 Å². The minimum atomic E-state index is -0.410. The van der Waals surface area contributed by atoms with Crippen LogP contribution in [-0.4, -0.2) is 34.6 Å². The fourth-order valence-corrected chi connectivity index (χ4v) is 4.43. The summed E-state index contributed by atoms with van der Waals surface area (Å²) in [4.78, 5) is 13.2. The summed E-state index contributed by atoms with van der Waals surface area (Å²) in [5, 5.41) is 13.9. The van der Waals surface area contributed by atoms with Crippen LogP contribution in [0.25, 0.3) is 21.8 Å². The second kappa shape index (κ2) is 9.38. The molecule has 0 aliphatic carbocycles. The van der Waals surface area contributed by atoms with Crippen LogP contribution in [0.5, 0.6) is 5.75 Å². The van der Waals surface area contributed by atoms with Crippen molar-refractivity contribution in [3.63, 3.8) is 0 Å². The summed E-state index contributed by atoms with van der Waals surface area (Å²) < 4.78 is 7.46. The lowest BCUT2D eigenvalue weighted by molar-refractivity contribution is -0.385. The monoisotopic (exact) mass is 432 g/mol. The first-order chi connectivity index (χ1) is 15.5. The number of aromatic nitrogens is 1. The Hall–Kier alpha value is -3.42. The molecule has 0 fully saturated rings. The molecule has 7 nitrogen and oxygen atoms in total. The third kappa shape index (κ3) is 4.17. The van der Waals surface area contributed by atoms with Crippen molar-refractivity contribution in [3.05, 3.63) is 81.9 Å². The largest absolute Gasteiger partial charge is 0.490 e. The van der Waals surface area contributed by atoms with Gasteiger partial charge in [-0.3, -0.25) is 15.0 Å². The molecule has 0 saturated carbocycles. The number of nitro groups is 1. The Morgan fingerprint density at radius 3 is 2.38 bits per heavy atom. The molecule has 0 spiro atoms. The van der Waals surface area contributed by atoms with Crippen molar-refractivity contribution in [2.24, 2.45) is 5.73 Å². The van der Waals surface area contributed by atoms with Gasteiger partial charge in [-0.1, -0.05) is 30.3 Å². The van der Waals surface area contributed by atoms with Gasteiger partial charge in [0.25, 0.3) is 0 Å². The van der Waals surface area contributed by atoms with Gasteiger partial charge in [-0.15, -0.1) is 0 Å². The Morgan fingerprint density at radius 2 is 1.69 bits per heavy atom. The maximum Gasteiger partial charge on any atom is 0.311 e. The summed E-state index contributed by atoms with van der Waals surface area (Å²) in [7, 11) is 1.44. The maximum absolute atomic E-state index is 11.4. The minimum Gasteiger partial charge on any atom is -0.490 e. The van der Waals surface area contributed by atoms with E-state index in [4.69, 9.17) is 10.5 Å². The van der Waals surface area contributed by atoms with Gasteiger partial charge in [0.05, 0.1) is 12.0 Å². The zero-order valence-corrected chi connectivity index (χ0v) is 18.5. The van der Waals surface area contributed by atoms with Gasteiger partial charge in [-0.2, -0.15) is 0 Å². The number of rotatable bonds is 9. The molecule has 2 N–H and O–H groups in total. The Labute approximate surface area is 187 Å². The molecule has 1 heterocycles. The van der Waals surface area contributed by atoms with E-state index in [-0.39, 0.29) is 11.4 Å². The van der Waals surface area contributed by atoms with Crippen LogP contribution in [0.2, 0.25) is 0 Å². The molecule has 4 aromatic rings. The number of ether oxygens (including phenoxy) is 1. The van der Waals surface area contributed by atoms with E-state index >= 15 is 0 Å². The third-order valence-corrected chi connectivity index (χ3v) is 5.85. The number of nitro benzene ring substituents is 1. The van der Waals surface area contributed by atoms with E-state index in [0.29, 0.717) is 26.2 Å². The molecule has 0 aliphatic rings. The number of nitrogens with two attached hydrogens (primary N) is 1. The van der Waals surface area contributed by atoms with Gasteiger partial charge in [-0.05, 0) is 42.3 Å². The molecular formula is C25H28N4O3. The molecule has 7 heteroatoms. The molecule has 0 saturated heterocycles. The Morgan fingerprint density at radius 1 is 1.00 bits per heavy atom. The molecule has 0 atom stereocenters. The van der Waals surface area contributed by atoms with Gasteiger partial charge >= 0.3 is 5.69 Å². The molecule has 32 heavy (non-hydrogen) atoms. The number of para-hydroxylation sites is 1. The van der Waals surface area contributed by atoms with E-state index < -0.39 is 4.92 Å². The predicted molar refractivity (Wildman–Crippen MR) is 128 cm³/mol. The van der Waals surface area contributed by atoms with Crippen LogP contribution in [0.1, 0.15) is 18.1 Å². The molecule has 0 unspecified atom stereocenters. The van der Waals surface area contributed by atoms with Crippen LogP contribution in [0.15, 0.2) is 60.7 Å². The summed E-state index contributed by atoms with van der Waals surface area (Å²) >= 11 is 0. The molecule has 0 aliphatic heterocycles. The molecule has 166 valence electrons. The molecule has 0 radical (unpaired) electrons. The first-order valence-corrected chi connectivity index (χ1v) is 10.8. The standard InChI is InChI=1S/C25H28N4O3/c1-3-28-22-7-5-4-6-20(22)21-14-18(8-10-23(21)28)16-27(13-12-26)17-19-9-11-25(32-2)24(15-19)29(30)31/h4-11,14-15H,3,12-13,16-17,26H2,1-2H3. The highest BCUT2D eigenvalue weighted by Crippen LogP contribution is 2.31. The number of benzene rings is 3. The maximum atomic E-state index is 11.4. The fraction of sp³-hybridized carbons (Fsp3) is 0.280. The first kappa shape index (κ1) is 21.8. The number of hydrogen-bond donors (Lipinski definition) is 1. The van der Waals surface area contributed by atoms with Gasteiger partial charge in [0, 0.05) is 60.6 Å². The second-order valence-corrected chi connectivity index (χ2v) is 7.88. The third-order valence-electron chi connectivity index (χ3n) is 5.85. The zero-order chi connectivity index (χ0) is 22.7. The highest BCUT2D eigenvalue weighted by Gasteiger charge is 2.17. The zero-order valence-electron chi connectivity index (χ0n) is 18.5. The lowest BCUT2D eigenvalue weighted by Crippen LogP contribution is -2.28. The predicted octanol–water partition coefficient (Wildman–Crippen LogP) is 4.69. The Kier molecular flexibility index (Phi) is 6.39. The molecule has 0 bridgehead atoms. The highest BCUT2D eigenvalue weighted by atomic mass is 16.6. The van der Waals surface area contributed by atoms with Gasteiger partial charge < -0.3 is 15.0 Å².